The third-order valence-corrected chi connectivity index (χ3v) is 4.89. The second-order valence-corrected chi connectivity index (χ2v) is 6.70. The topological polar surface area (TPSA) is 41.5 Å². The molecular formula is C16H25NO2S. The van der Waals surface area contributed by atoms with Gasteiger partial charge in [0.15, 0.2) is 0 Å². The van der Waals surface area contributed by atoms with Gasteiger partial charge in [0, 0.05) is 17.8 Å². The van der Waals surface area contributed by atoms with Crippen molar-refractivity contribution < 1.29 is 9.84 Å². The molecule has 1 saturated carbocycles. The van der Waals surface area contributed by atoms with E-state index in [1.54, 1.807) is 0 Å². The summed E-state index contributed by atoms with van der Waals surface area (Å²) in [5, 5.41) is 14.2. The fourth-order valence-electron chi connectivity index (χ4n) is 2.60. The molecule has 2 rings (SSSR count). The van der Waals surface area contributed by atoms with E-state index in [0.29, 0.717) is 19.2 Å². The normalized spacial score (nSPS) is 23.8. The van der Waals surface area contributed by atoms with Gasteiger partial charge >= 0.3 is 0 Å². The molecule has 112 valence electrons. The van der Waals surface area contributed by atoms with Crippen molar-refractivity contribution in [2.24, 2.45) is 0 Å². The van der Waals surface area contributed by atoms with E-state index in [2.05, 4.69) is 11.6 Å². The van der Waals surface area contributed by atoms with Gasteiger partial charge in [0.05, 0.1) is 0 Å². The van der Waals surface area contributed by atoms with Gasteiger partial charge in [-0.05, 0) is 50.1 Å². The average Bonchev–Trinajstić information content (AvgIpc) is 2.91. The number of nitrogens with one attached hydrogen (secondary N) is 1. The Morgan fingerprint density at radius 2 is 2.30 bits per heavy atom. The molecule has 1 aliphatic carbocycles. The van der Waals surface area contributed by atoms with Crippen molar-refractivity contribution >= 4 is 11.8 Å². The van der Waals surface area contributed by atoms with Crippen LogP contribution in [0, 0.1) is 6.92 Å². The highest BCUT2D eigenvalue weighted by molar-refractivity contribution is 7.99. The minimum atomic E-state index is -0.455. The molecule has 0 aromatic heterocycles. The SMILES string of the molecule is CSC1CCC(NCC(O)COc2cccc(C)c2)C1. The minimum absolute atomic E-state index is 0.342. The van der Waals surface area contributed by atoms with Gasteiger partial charge in [0.1, 0.15) is 18.5 Å². The first-order valence-electron chi connectivity index (χ1n) is 7.31. The Labute approximate surface area is 126 Å². The van der Waals surface area contributed by atoms with E-state index in [-0.39, 0.29) is 0 Å². The van der Waals surface area contributed by atoms with Crippen LogP contribution in [-0.4, -0.2) is 41.9 Å². The van der Waals surface area contributed by atoms with Crippen LogP contribution in [0.3, 0.4) is 0 Å². The number of thioether (sulfide) groups is 1. The smallest absolute Gasteiger partial charge is 0.119 e. The van der Waals surface area contributed by atoms with Gasteiger partial charge in [0.25, 0.3) is 0 Å². The number of aliphatic hydroxyl groups excluding tert-OH is 1. The number of aryl methyl sites for hydroxylation is 1. The largest absolute Gasteiger partial charge is 0.491 e. The molecule has 2 N–H and O–H groups in total. The number of ether oxygens (including phenoxy) is 1. The lowest BCUT2D eigenvalue weighted by atomic mass is 10.2. The number of rotatable bonds is 7. The Morgan fingerprint density at radius 1 is 1.45 bits per heavy atom. The molecule has 3 unspecified atom stereocenters. The maximum Gasteiger partial charge on any atom is 0.119 e. The molecule has 0 saturated heterocycles. The van der Waals surface area contributed by atoms with Crippen LogP contribution < -0.4 is 10.1 Å². The summed E-state index contributed by atoms with van der Waals surface area (Å²) in [6.07, 6.45) is 5.44. The van der Waals surface area contributed by atoms with E-state index >= 15 is 0 Å². The second kappa shape index (κ2) is 7.91. The Kier molecular flexibility index (Phi) is 6.20. The predicted octanol–water partition coefficient (Wildman–Crippen LogP) is 2.61. The summed E-state index contributed by atoms with van der Waals surface area (Å²) in [7, 11) is 0. The summed E-state index contributed by atoms with van der Waals surface area (Å²) in [5.74, 6) is 0.826. The molecule has 1 fully saturated rings. The molecule has 0 amide bonds. The fourth-order valence-corrected chi connectivity index (χ4v) is 3.40. The lowest BCUT2D eigenvalue weighted by Gasteiger charge is -2.17. The highest BCUT2D eigenvalue weighted by Gasteiger charge is 2.23. The predicted molar refractivity (Wildman–Crippen MR) is 85.6 cm³/mol. The minimum Gasteiger partial charge on any atom is -0.491 e. The van der Waals surface area contributed by atoms with Crippen molar-refractivity contribution in [2.45, 2.75) is 43.6 Å². The first-order chi connectivity index (χ1) is 9.67. The van der Waals surface area contributed by atoms with Crippen molar-refractivity contribution in [3.05, 3.63) is 29.8 Å². The summed E-state index contributed by atoms with van der Waals surface area (Å²) in [4.78, 5) is 0. The molecule has 1 aromatic rings. The highest BCUT2D eigenvalue weighted by atomic mass is 32.2. The maximum absolute atomic E-state index is 9.97. The van der Waals surface area contributed by atoms with Crippen LogP contribution >= 0.6 is 11.8 Å². The first-order valence-corrected chi connectivity index (χ1v) is 8.60. The van der Waals surface area contributed by atoms with Gasteiger partial charge in [-0.25, -0.2) is 0 Å². The van der Waals surface area contributed by atoms with Crippen molar-refractivity contribution in [1.29, 1.82) is 0 Å². The Bertz CT molecular complexity index is 413. The Balaban J connectivity index is 1.64. The summed E-state index contributed by atoms with van der Waals surface area (Å²) in [5.41, 5.74) is 1.17. The maximum atomic E-state index is 9.97. The van der Waals surface area contributed by atoms with Crippen LogP contribution in [0.5, 0.6) is 5.75 Å². The number of benzene rings is 1. The van der Waals surface area contributed by atoms with Gasteiger partial charge in [-0.2, -0.15) is 11.8 Å². The quantitative estimate of drug-likeness (QED) is 0.811. The van der Waals surface area contributed by atoms with Crippen LogP contribution in [0.25, 0.3) is 0 Å². The molecule has 20 heavy (non-hydrogen) atoms. The van der Waals surface area contributed by atoms with Crippen LogP contribution in [0.15, 0.2) is 24.3 Å². The molecule has 0 spiro atoms. The molecule has 0 heterocycles. The number of hydrogen-bond acceptors (Lipinski definition) is 4. The molecule has 1 aromatic carbocycles. The van der Waals surface area contributed by atoms with E-state index < -0.39 is 6.10 Å². The summed E-state index contributed by atoms with van der Waals surface area (Å²) >= 11 is 1.95. The summed E-state index contributed by atoms with van der Waals surface area (Å²) in [6.45, 7) is 2.99. The van der Waals surface area contributed by atoms with Crippen molar-refractivity contribution in [3.8, 4) is 5.75 Å². The fraction of sp³-hybridized carbons (Fsp3) is 0.625. The zero-order valence-corrected chi connectivity index (χ0v) is 13.2. The zero-order chi connectivity index (χ0) is 14.4. The van der Waals surface area contributed by atoms with E-state index in [0.717, 1.165) is 11.0 Å². The molecule has 0 radical (unpaired) electrons. The van der Waals surface area contributed by atoms with E-state index in [4.69, 9.17) is 4.74 Å². The molecule has 3 atom stereocenters. The lowest BCUT2D eigenvalue weighted by molar-refractivity contribution is 0.104. The molecule has 1 aliphatic rings. The van der Waals surface area contributed by atoms with Crippen LogP contribution in [-0.2, 0) is 0 Å². The molecule has 0 bridgehead atoms. The van der Waals surface area contributed by atoms with Gasteiger partial charge < -0.3 is 15.2 Å². The Morgan fingerprint density at radius 3 is 3.00 bits per heavy atom. The van der Waals surface area contributed by atoms with Gasteiger partial charge in [-0.15, -0.1) is 0 Å². The second-order valence-electron chi connectivity index (χ2n) is 5.56. The monoisotopic (exact) mass is 295 g/mol. The van der Waals surface area contributed by atoms with Crippen molar-refractivity contribution in [3.63, 3.8) is 0 Å². The molecule has 3 nitrogen and oxygen atoms in total. The standard InChI is InChI=1S/C16H25NO2S/c1-12-4-3-5-15(8-12)19-11-14(18)10-17-13-6-7-16(9-13)20-2/h3-5,8,13-14,16-18H,6-7,9-11H2,1-2H3. The summed E-state index contributed by atoms with van der Waals surface area (Å²) < 4.78 is 5.61. The number of hydrogen-bond donors (Lipinski definition) is 2. The average molecular weight is 295 g/mol. The first kappa shape index (κ1) is 15.7. The molecular weight excluding hydrogens is 270 g/mol. The van der Waals surface area contributed by atoms with E-state index in [1.807, 2.05) is 43.0 Å². The van der Waals surface area contributed by atoms with Crippen LogP contribution in [0.2, 0.25) is 0 Å². The lowest BCUT2D eigenvalue weighted by Crippen LogP contribution is -2.37. The number of aliphatic hydroxyl groups is 1. The van der Waals surface area contributed by atoms with Crippen LogP contribution in [0.4, 0.5) is 0 Å². The van der Waals surface area contributed by atoms with Gasteiger partial charge in [0.2, 0.25) is 0 Å². The van der Waals surface area contributed by atoms with Crippen molar-refractivity contribution in [1.82, 2.24) is 5.32 Å². The molecule has 4 heteroatoms. The third kappa shape index (κ3) is 5.00. The zero-order valence-electron chi connectivity index (χ0n) is 12.3. The van der Waals surface area contributed by atoms with Gasteiger partial charge in [-0.1, -0.05) is 12.1 Å². The highest BCUT2D eigenvalue weighted by Crippen LogP contribution is 2.28. The van der Waals surface area contributed by atoms with Crippen LogP contribution in [0.1, 0.15) is 24.8 Å². The molecule has 0 aliphatic heterocycles. The van der Waals surface area contributed by atoms with Crippen molar-refractivity contribution in [2.75, 3.05) is 19.4 Å². The van der Waals surface area contributed by atoms with Gasteiger partial charge in [-0.3, -0.25) is 0 Å². The Hall–Kier alpha value is -0.710. The third-order valence-electron chi connectivity index (χ3n) is 3.79. The summed E-state index contributed by atoms with van der Waals surface area (Å²) in [6, 6.07) is 8.47. The van der Waals surface area contributed by atoms with E-state index in [1.165, 1.54) is 24.8 Å². The van der Waals surface area contributed by atoms with E-state index in [9.17, 15) is 5.11 Å².